The van der Waals surface area contributed by atoms with Gasteiger partial charge < -0.3 is 15.2 Å². The molecule has 0 aliphatic heterocycles. The molecule has 0 spiro atoms. The average molecular weight is 458 g/mol. The number of rotatable bonds is 9. The Bertz CT molecular complexity index is 1330. The van der Waals surface area contributed by atoms with Gasteiger partial charge >= 0.3 is 0 Å². The maximum absolute atomic E-state index is 12.9. The molecule has 4 aromatic rings. The zero-order valence-corrected chi connectivity index (χ0v) is 20.2. The Morgan fingerprint density at radius 3 is 2.76 bits per heavy atom. The van der Waals surface area contributed by atoms with Crippen LogP contribution in [0.15, 0.2) is 48.9 Å². The summed E-state index contributed by atoms with van der Waals surface area (Å²) >= 11 is 0. The minimum absolute atomic E-state index is 0.107. The number of aromatic amines is 2. The molecule has 3 N–H and O–H groups in total. The summed E-state index contributed by atoms with van der Waals surface area (Å²) in [5, 5.41) is 11.9. The van der Waals surface area contributed by atoms with Crippen LogP contribution < -0.4 is 5.32 Å². The van der Waals surface area contributed by atoms with E-state index in [1.807, 2.05) is 32.3 Å². The van der Waals surface area contributed by atoms with E-state index >= 15 is 0 Å². The van der Waals surface area contributed by atoms with Crippen LogP contribution in [-0.2, 0) is 6.54 Å². The first-order valence-corrected chi connectivity index (χ1v) is 11.5. The van der Waals surface area contributed by atoms with Crippen molar-refractivity contribution in [2.24, 2.45) is 0 Å². The lowest BCUT2D eigenvalue weighted by Crippen LogP contribution is -2.32. The lowest BCUT2D eigenvalue weighted by molar-refractivity contribution is 0.0773. The van der Waals surface area contributed by atoms with Crippen molar-refractivity contribution in [3.05, 3.63) is 65.8 Å². The van der Waals surface area contributed by atoms with Crippen LogP contribution in [0.4, 0.5) is 0 Å². The Labute approximate surface area is 199 Å². The second kappa shape index (κ2) is 10.0. The molecule has 0 atom stereocenters. The summed E-state index contributed by atoms with van der Waals surface area (Å²) in [6.07, 6.45) is 5.38. The predicted octanol–water partition coefficient (Wildman–Crippen LogP) is 4.47. The fourth-order valence-electron chi connectivity index (χ4n) is 4.03. The first kappa shape index (κ1) is 23.4. The Morgan fingerprint density at radius 2 is 2.03 bits per heavy atom. The molecule has 0 unspecified atom stereocenters. The van der Waals surface area contributed by atoms with E-state index in [1.165, 1.54) is 11.1 Å². The molecule has 8 heteroatoms. The number of carbonyl (C=O) groups is 1. The summed E-state index contributed by atoms with van der Waals surface area (Å²) in [4.78, 5) is 26.7. The zero-order chi connectivity index (χ0) is 24.2. The highest BCUT2D eigenvalue weighted by atomic mass is 16.2. The number of benzene rings is 1. The van der Waals surface area contributed by atoms with E-state index in [9.17, 15) is 4.79 Å². The molecule has 0 saturated heterocycles. The third-order valence-corrected chi connectivity index (χ3v) is 5.92. The van der Waals surface area contributed by atoms with Crippen LogP contribution in [0.3, 0.4) is 0 Å². The number of amides is 1. The van der Waals surface area contributed by atoms with Crippen LogP contribution in [0, 0.1) is 6.92 Å². The van der Waals surface area contributed by atoms with Gasteiger partial charge in [0.2, 0.25) is 0 Å². The van der Waals surface area contributed by atoms with Crippen molar-refractivity contribution in [2.75, 3.05) is 19.6 Å². The monoisotopic (exact) mass is 457 g/mol. The topological polar surface area (TPSA) is 103 Å². The van der Waals surface area contributed by atoms with E-state index in [0.29, 0.717) is 30.3 Å². The summed E-state index contributed by atoms with van der Waals surface area (Å²) < 4.78 is 0. The largest absolute Gasteiger partial charge is 0.334 e. The fraction of sp³-hybridized carbons (Fsp3) is 0.308. The van der Waals surface area contributed by atoms with Gasteiger partial charge in [0, 0.05) is 43.0 Å². The Morgan fingerprint density at radius 1 is 1.21 bits per heavy atom. The van der Waals surface area contributed by atoms with Crippen molar-refractivity contribution >= 4 is 16.8 Å². The molecule has 0 aliphatic carbocycles. The quantitative estimate of drug-likeness (QED) is 0.322. The molecule has 0 aliphatic rings. The third kappa shape index (κ3) is 4.63. The summed E-state index contributed by atoms with van der Waals surface area (Å²) in [6, 6.07) is 6.18. The molecule has 3 heterocycles. The van der Waals surface area contributed by atoms with Crippen LogP contribution >= 0.6 is 0 Å². The van der Waals surface area contributed by atoms with Gasteiger partial charge in [0.15, 0.2) is 5.82 Å². The third-order valence-electron chi connectivity index (χ3n) is 5.92. The van der Waals surface area contributed by atoms with Crippen LogP contribution in [0.5, 0.6) is 0 Å². The van der Waals surface area contributed by atoms with Crippen molar-refractivity contribution < 1.29 is 4.79 Å². The van der Waals surface area contributed by atoms with Crippen molar-refractivity contribution in [1.29, 1.82) is 0 Å². The number of nitrogens with zero attached hydrogens (tertiary/aromatic N) is 4. The van der Waals surface area contributed by atoms with Crippen LogP contribution in [-0.4, -0.2) is 55.6 Å². The van der Waals surface area contributed by atoms with Crippen LogP contribution in [0.1, 0.15) is 42.4 Å². The van der Waals surface area contributed by atoms with Gasteiger partial charge in [0.05, 0.1) is 11.7 Å². The van der Waals surface area contributed by atoms with E-state index in [1.54, 1.807) is 11.1 Å². The second-order valence-corrected chi connectivity index (χ2v) is 8.51. The lowest BCUT2D eigenvalue weighted by atomic mass is 9.98. The van der Waals surface area contributed by atoms with E-state index < -0.39 is 0 Å². The van der Waals surface area contributed by atoms with Gasteiger partial charge in [-0.25, -0.2) is 4.98 Å². The van der Waals surface area contributed by atoms with Gasteiger partial charge in [-0.15, -0.1) is 0 Å². The molecule has 34 heavy (non-hydrogen) atoms. The number of hydrogen-bond donors (Lipinski definition) is 3. The molecule has 176 valence electrons. The number of likely N-dealkylation sites (N-methyl/N-ethyl adjacent to an activating group) is 1. The maximum atomic E-state index is 12.9. The molecule has 8 nitrogen and oxygen atoms in total. The number of hydrogen-bond acceptors (Lipinski definition) is 5. The Kier molecular flexibility index (Phi) is 6.88. The smallest absolute Gasteiger partial charge is 0.272 e. The van der Waals surface area contributed by atoms with E-state index in [4.69, 9.17) is 0 Å². The summed E-state index contributed by atoms with van der Waals surface area (Å²) in [6.45, 7) is 14.8. The van der Waals surface area contributed by atoms with Gasteiger partial charge in [0.25, 0.3) is 5.91 Å². The fourth-order valence-corrected chi connectivity index (χ4v) is 4.03. The Balaban J connectivity index is 1.69. The minimum Gasteiger partial charge on any atom is -0.334 e. The van der Waals surface area contributed by atoms with Gasteiger partial charge in [-0.1, -0.05) is 25.1 Å². The van der Waals surface area contributed by atoms with Crippen molar-refractivity contribution in [1.82, 2.24) is 35.4 Å². The van der Waals surface area contributed by atoms with E-state index in [2.05, 4.69) is 63.0 Å². The summed E-state index contributed by atoms with van der Waals surface area (Å²) in [5.74, 6) is 0.442. The highest BCUT2D eigenvalue weighted by Crippen LogP contribution is 2.31. The number of imidazole rings is 1. The van der Waals surface area contributed by atoms with Crippen molar-refractivity contribution in [3.8, 4) is 22.6 Å². The second-order valence-electron chi connectivity index (χ2n) is 8.51. The molecule has 1 amide bonds. The molecule has 4 rings (SSSR count). The predicted molar refractivity (Wildman–Crippen MR) is 135 cm³/mol. The molecular formula is C26H31N7O. The molecule has 1 aromatic carbocycles. The maximum Gasteiger partial charge on any atom is 0.272 e. The molecule has 0 fully saturated rings. The summed E-state index contributed by atoms with van der Waals surface area (Å²) in [5.41, 5.74) is 7.45. The van der Waals surface area contributed by atoms with Gasteiger partial charge in [-0.3, -0.25) is 14.9 Å². The normalized spacial score (nSPS) is 11.2. The van der Waals surface area contributed by atoms with Gasteiger partial charge in [-0.05, 0) is 56.1 Å². The van der Waals surface area contributed by atoms with E-state index in [0.717, 1.165) is 40.7 Å². The lowest BCUT2D eigenvalue weighted by Gasteiger charge is -2.19. The Hall–Kier alpha value is -3.78. The van der Waals surface area contributed by atoms with Crippen molar-refractivity contribution in [2.45, 2.75) is 34.2 Å². The van der Waals surface area contributed by atoms with Crippen LogP contribution in [0.25, 0.3) is 33.5 Å². The molecule has 3 aromatic heterocycles. The average Bonchev–Trinajstić information content (AvgIpc) is 3.48. The number of pyridine rings is 1. The highest BCUT2D eigenvalue weighted by molar-refractivity contribution is 5.96. The van der Waals surface area contributed by atoms with E-state index in [-0.39, 0.29) is 5.91 Å². The van der Waals surface area contributed by atoms with Crippen LogP contribution in [0.2, 0.25) is 0 Å². The SMILES string of the molecule is C=C(C)CN(CC)C(=O)c1cnc(-c2n[nH]c3ccc(-c4cncc(CNCC)c4C)cc23)[nH]1. The number of carbonyl (C=O) groups excluding carboxylic acids is 1. The minimum atomic E-state index is -0.107. The molecule has 0 radical (unpaired) electrons. The zero-order valence-electron chi connectivity index (χ0n) is 20.2. The number of aromatic nitrogens is 5. The summed E-state index contributed by atoms with van der Waals surface area (Å²) in [7, 11) is 0. The highest BCUT2D eigenvalue weighted by Gasteiger charge is 2.19. The van der Waals surface area contributed by atoms with Crippen molar-refractivity contribution in [3.63, 3.8) is 0 Å². The number of nitrogens with one attached hydrogen (secondary N) is 3. The first-order chi connectivity index (χ1) is 16.4. The number of fused-ring (bicyclic) bond motifs is 1. The first-order valence-electron chi connectivity index (χ1n) is 11.5. The standard InChI is InChI=1S/C26H31N7O/c1-6-27-11-19-12-28-13-21(17(19)5)18-8-9-22-20(10-18)24(32-31-22)25-29-14-23(30-25)26(34)33(7-2)15-16(3)4/h8-10,12-14,27H,3,6-7,11,15H2,1-2,4-5H3,(H,29,30)(H,31,32). The molecule has 0 bridgehead atoms. The molecular weight excluding hydrogens is 426 g/mol. The van der Waals surface area contributed by atoms with Gasteiger partial charge in [0.1, 0.15) is 11.4 Å². The number of H-pyrrole nitrogens is 2. The molecule has 0 saturated carbocycles. The van der Waals surface area contributed by atoms with Gasteiger partial charge in [-0.2, -0.15) is 5.10 Å².